The van der Waals surface area contributed by atoms with Gasteiger partial charge in [0.15, 0.2) is 0 Å². The van der Waals surface area contributed by atoms with E-state index in [0.29, 0.717) is 17.9 Å². The summed E-state index contributed by atoms with van der Waals surface area (Å²) in [4.78, 5) is 14.4. The maximum Gasteiger partial charge on any atom is 0.255 e. The van der Waals surface area contributed by atoms with Crippen LogP contribution in [0.3, 0.4) is 0 Å². The molecule has 0 spiro atoms. The predicted octanol–water partition coefficient (Wildman–Crippen LogP) is 1.83. The maximum atomic E-state index is 12.1. The van der Waals surface area contributed by atoms with Gasteiger partial charge in [-0.2, -0.15) is 0 Å². The smallest absolute Gasteiger partial charge is 0.255 e. The molecule has 1 aliphatic rings. The lowest BCUT2D eigenvalue weighted by Crippen LogP contribution is -2.34. The van der Waals surface area contributed by atoms with E-state index < -0.39 is 0 Å². The summed E-state index contributed by atoms with van der Waals surface area (Å²) in [6.07, 6.45) is 2.58. The van der Waals surface area contributed by atoms with Gasteiger partial charge < -0.3 is 15.0 Å². The lowest BCUT2D eigenvalue weighted by Gasteiger charge is -2.16. The maximum absolute atomic E-state index is 12.1. The summed E-state index contributed by atoms with van der Waals surface area (Å²) in [5.41, 5.74) is 1.66. The molecule has 0 unspecified atom stereocenters. The van der Waals surface area contributed by atoms with Crippen LogP contribution < -0.4 is 10.1 Å². The minimum Gasteiger partial charge on any atom is -0.496 e. The van der Waals surface area contributed by atoms with E-state index in [-0.39, 0.29) is 5.91 Å². The average Bonchev–Trinajstić information content (AvgIpc) is 3.22. The molecule has 1 fully saturated rings. The van der Waals surface area contributed by atoms with Crippen molar-refractivity contribution in [3.8, 4) is 5.75 Å². The molecule has 0 aliphatic heterocycles. The molecule has 1 aromatic rings. The highest BCUT2D eigenvalue weighted by atomic mass is 16.5. The summed E-state index contributed by atoms with van der Waals surface area (Å²) < 4.78 is 5.23. The molecule has 0 radical (unpaired) electrons. The van der Waals surface area contributed by atoms with Crippen molar-refractivity contribution in [2.75, 3.05) is 27.2 Å². The average molecular weight is 262 g/mol. The monoisotopic (exact) mass is 262 g/mol. The SMILES string of the molecule is COc1ccc(C)cc1C(=O)NCCN(C)C1CC1. The first kappa shape index (κ1) is 13.9. The molecular weight excluding hydrogens is 240 g/mol. The van der Waals surface area contributed by atoms with E-state index in [9.17, 15) is 4.79 Å². The predicted molar refractivity (Wildman–Crippen MR) is 75.7 cm³/mol. The third-order valence-corrected chi connectivity index (χ3v) is 3.52. The van der Waals surface area contributed by atoms with Crippen molar-refractivity contribution in [2.45, 2.75) is 25.8 Å². The van der Waals surface area contributed by atoms with Gasteiger partial charge in [0.1, 0.15) is 5.75 Å². The van der Waals surface area contributed by atoms with Gasteiger partial charge in [-0.3, -0.25) is 4.79 Å². The number of nitrogens with zero attached hydrogens (tertiary/aromatic N) is 1. The molecule has 4 nitrogen and oxygen atoms in total. The van der Waals surface area contributed by atoms with Crippen molar-refractivity contribution >= 4 is 5.91 Å². The Morgan fingerprint density at radius 1 is 1.47 bits per heavy atom. The van der Waals surface area contributed by atoms with Crippen LogP contribution >= 0.6 is 0 Å². The van der Waals surface area contributed by atoms with Crippen LogP contribution in [0.4, 0.5) is 0 Å². The summed E-state index contributed by atoms with van der Waals surface area (Å²) in [7, 11) is 3.69. The molecule has 1 N–H and O–H groups in total. The van der Waals surface area contributed by atoms with Crippen LogP contribution in [0, 0.1) is 6.92 Å². The highest BCUT2D eigenvalue weighted by molar-refractivity contribution is 5.97. The highest BCUT2D eigenvalue weighted by Gasteiger charge is 2.25. The number of benzene rings is 1. The van der Waals surface area contributed by atoms with Gasteiger partial charge in [0.05, 0.1) is 12.7 Å². The zero-order chi connectivity index (χ0) is 13.8. The Bertz CT molecular complexity index is 455. The Morgan fingerprint density at radius 3 is 2.84 bits per heavy atom. The summed E-state index contributed by atoms with van der Waals surface area (Å²) in [6.45, 7) is 3.53. The number of aryl methyl sites for hydroxylation is 1. The molecule has 19 heavy (non-hydrogen) atoms. The topological polar surface area (TPSA) is 41.6 Å². The lowest BCUT2D eigenvalue weighted by molar-refractivity contribution is 0.0946. The van der Waals surface area contributed by atoms with Gasteiger partial charge in [-0.15, -0.1) is 0 Å². The van der Waals surface area contributed by atoms with Gasteiger partial charge in [0.25, 0.3) is 5.91 Å². The number of hydrogen-bond acceptors (Lipinski definition) is 3. The van der Waals surface area contributed by atoms with Crippen LogP contribution in [-0.2, 0) is 0 Å². The number of likely N-dealkylation sites (N-methyl/N-ethyl adjacent to an activating group) is 1. The summed E-state index contributed by atoms with van der Waals surface area (Å²) in [5, 5.41) is 2.95. The van der Waals surface area contributed by atoms with E-state index in [1.807, 2.05) is 25.1 Å². The Morgan fingerprint density at radius 2 is 2.21 bits per heavy atom. The van der Waals surface area contributed by atoms with Crippen molar-refractivity contribution in [3.05, 3.63) is 29.3 Å². The van der Waals surface area contributed by atoms with Crippen LogP contribution in [-0.4, -0.2) is 44.1 Å². The number of amides is 1. The van der Waals surface area contributed by atoms with Crippen LogP contribution in [0.25, 0.3) is 0 Å². The summed E-state index contributed by atoms with van der Waals surface area (Å²) >= 11 is 0. The third kappa shape index (κ3) is 3.70. The van der Waals surface area contributed by atoms with Gasteiger partial charge in [-0.25, -0.2) is 0 Å². The third-order valence-electron chi connectivity index (χ3n) is 3.52. The Labute approximate surface area is 114 Å². The van der Waals surface area contributed by atoms with Gasteiger partial charge in [0.2, 0.25) is 0 Å². The van der Waals surface area contributed by atoms with E-state index in [4.69, 9.17) is 4.74 Å². The van der Waals surface area contributed by atoms with Crippen LogP contribution in [0.2, 0.25) is 0 Å². The fourth-order valence-electron chi connectivity index (χ4n) is 2.14. The van der Waals surface area contributed by atoms with E-state index in [0.717, 1.165) is 18.2 Å². The van der Waals surface area contributed by atoms with Crippen molar-refractivity contribution in [1.29, 1.82) is 0 Å². The van der Waals surface area contributed by atoms with Gasteiger partial charge in [-0.05, 0) is 38.9 Å². The molecule has 0 bridgehead atoms. The molecule has 1 aliphatic carbocycles. The minimum atomic E-state index is -0.0650. The molecule has 1 amide bonds. The number of rotatable bonds is 6. The van der Waals surface area contributed by atoms with E-state index >= 15 is 0 Å². The minimum absolute atomic E-state index is 0.0650. The van der Waals surface area contributed by atoms with Crippen molar-refractivity contribution in [2.24, 2.45) is 0 Å². The molecular formula is C15H22N2O2. The van der Waals surface area contributed by atoms with Crippen molar-refractivity contribution < 1.29 is 9.53 Å². The number of nitrogens with one attached hydrogen (secondary N) is 1. The van der Waals surface area contributed by atoms with Gasteiger partial charge in [0, 0.05) is 19.1 Å². The first-order valence-corrected chi connectivity index (χ1v) is 6.75. The molecule has 0 aromatic heterocycles. The van der Waals surface area contributed by atoms with Crippen molar-refractivity contribution in [3.63, 3.8) is 0 Å². The first-order chi connectivity index (χ1) is 9.11. The zero-order valence-electron chi connectivity index (χ0n) is 11.9. The standard InChI is InChI=1S/C15H22N2O2/c1-11-4-7-14(19-3)13(10-11)15(18)16-8-9-17(2)12-5-6-12/h4,7,10,12H,5-6,8-9H2,1-3H3,(H,16,18). The summed E-state index contributed by atoms with van der Waals surface area (Å²) in [6, 6.07) is 6.36. The van der Waals surface area contributed by atoms with Gasteiger partial charge >= 0.3 is 0 Å². The number of hydrogen-bond donors (Lipinski definition) is 1. The molecule has 0 atom stereocenters. The first-order valence-electron chi connectivity index (χ1n) is 6.75. The molecule has 1 aromatic carbocycles. The number of carbonyl (C=O) groups excluding carboxylic acids is 1. The second kappa shape index (κ2) is 6.06. The Kier molecular flexibility index (Phi) is 4.43. The van der Waals surface area contributed by atoms with E-state index in [1.165, 1.54) is 12.8 Å². The Hall–Kier alpha value is -1.55. The van der Waals surface area contributed by atoms with Crippen LogP contribution in [0.15, 0.2) is 18.2 Å². The fourth-order valence-corrected chi connectivity index (χ4v) is 2.14. The quantitative estimate of drug-likeness (QED) is 0.850. The number of ether oxygens (including phenoxy) is 1. The lowest BCUT2D eigenvalue weighted by atomic mass is 10.1. The van der Waals surface area contributed by atoms with E-state index in [2.05, 4.69) is 17.3 Å². The largest absolute Gasteiger partial charge is 0.496 e. The molecule has 104 valence electrons. The van der Waals surface area contributed by atoms with Crippen molar-refractivity contribution in [1.82, 2.24) is 10.2 Å². The molecule has 0 heterocycles. The second-order valence-electron chi connectivity index (χ2n) is 5.17. The van der Waals surface area contributed by atoms with Crippen LogP contribution in [0.1, 0.15) is 28.8 Å². The molecule has 2 rings (SSSR count). The second-order valence-corrected chi connectivity index (χ2v) is 5.17. The highest BCUT2D eigenvalue weighted by Crippen LogP contribution is 2.24. The molecule has 1 saturated carbocycles. The number of carbonyl (C=O) groups is 1. The molecule has 0 saturated heterocycles. The fraction of sp³-hybridized carbons (Fsp3) is 0.533. The van der Waals surface area contributed by atoms with Gasteiger partial charge in [-0.1, -0.05) is 11.6 Å². The number of methoxy groups -OCH3 is 1. The zero-order valence-corrected chi connectivity index (χ0v) is 11.9. The van der Waals surface area contributed by atoms with E-state index in [1.54, 1.807) is 7.11 Å². The Balaban J connectivity index is 1.89. The van der Waals surface area contributed by atoms with Crippen LogP contribution in [0.5, 0.6) is 5.75 Å². The summed E-state index contributed by atoms with van der Waals surface area (Å²) in [5.74, 6) is 0.559. The molecule has 4 heteroatoms. The normalized spacial score (nSPS) is 14.5.